The molecule has 28 heavy (non-hydrogen) atoms. The third-order valence-electron chi connectivity index (χ3n) is 5.53. The van der Waals surface area contributed by atoms with E-state index in [1.807, 2.05) is 18.3 Å². The van der Waals surface area contributed by atoms with Gasteiger partial charge in [0, 0.05) is 36.5 Å². The van der Waals surface area contributed by atoms with Crippen LogP contribution in [0.4, 0.5) is 0 Å². The van der Waals surface area contributed by atoms with Crippen LogP contribution in [0.5, 0.6) is 5.75 Å². The highest BCUT2D eigenvalue weighted by molar-refractivity contribution is 5.91. The first kappa shape index (κ1) is 17.2. The molecule has 142 valence electrons. The largest absolute Gasteiger partial charge is 0.488 e. The maximum absolute atomic E-state index is 12.2. The number of amides is 1. The standard InChI is InChI=1S/C23H22N2O3/c26-23(22-4-2-10-27-22)25-14-18-12-20-19-7-5-15(17-3-1-9-24-13-17)11-16(19)6-8-21(20)28-18/h1,3,5-9,11,13,18,22H,2,4,10,12,14H2,(H,25,26)/t18-,22-/m0/s1. The van der Waals surface area contributed by atoms with E-state index < -0.39 is 0 Å². The van der Waals surface area contributed by atoms with E-state index in [0.29, 0.717) is 13.2 Å². The number of carbonyl (C=O) groups excluding carboxylic acids is 1. The van der Waals surface area contributed by atoms with E-state index in [1.165, 1.54) is 16.3 Å². The molecule has 0 aliphatic carbocycles. The molecule has 3 heterocycles. The zero-order valence-corrected chi connectivity index (χ0v) is 15.6. The second-order valence-corrected chi connectivity index (χ2v) is 7.41. The Bertz CT molecular complexity index is 1010. The lowest BCUT2D eigenvalue weighted by atomic mass is 9.97. The van der Waals surface area contributed by atoms with E-state index in [-0.39, 0.29) is 18.1 Å². The lowest BCUT2D eigenvalue weighted by Crippen LogP contribution is -2.40. The van der Waals surface area contributed by atoms with Gasteiger partial charge in [-0.2, -0.15) is 0 Å². The first-order chi connectivity index (χ1) is 13.8. The molecule has 0 bridgehead atoms. The predicted octanol–water partition coefficient (Wildman–Crippen LogP) is 3.50. The quantitative estimate of drug-likeness (QED) is 0.759. The first-order valence-electron chi connectivity index (χ1n) is 9.80. The number of aromatic nitrogens is 1. The molecule has 1 saturated heterocycles. The second kappa shape index (κ2) is 7.24. The molecule has 1 amide bonds. The summed E-state index contributed by atoms with van der Waals surface area (Å²) in [6, 6.07) is 14.6. The van der Waals surface area contributed by atoms with E-state index in [4.69, 9.17) is 9.47 Å². The van der Waals surface area contributed by atoms with Crippen LogP contribution in [0.3, 0.4) is 0 Å². The summed E-state index contributed by atoms with van der Waals surface area (Å²) in [6.45, 7) is 1.18. The SMILES string of the molecule is O=C(NC[C@@H]1Cc2c(ccc3cc(-c4cccnc4)ccc23)O1)[C@@H]1CCCO1. The number of hydrogen-bond donors (Lipinski definition) is 1. The van der Waals surface area contributed by atoms with Crippen molar-refractivity contribution in [1.29, 1.82) is 0 Å². The number of ether oxygens (including phenoxy) is 2. The van der Waals surface area contributed by atoms with Gasteiger partial charge in [-0.1, -0.05) is 24.3 Å². The van der Waals surface area contributed by atoms with Crippen LogP contribution in [-0.4, -0.2) is 36.3 Å². The number of hydrogen-bond acceptors (Lipinski definition) is 4. The third kappa shape index (κ3) is 3.22. The average Bonchev–Trinajstić information content (AvgIpc) is 3.42. The Morgan fingerprint density at radius 2 is 2.14 bits per heavy atom. The Balaban J connectivity index is 1.33. The van der Waals surface area contributed by atoms with Crippen molar-refractivity contribution < 1.29 is 14.3 Å². The van der Waals surface area contributed by atoms with Crippen LogP contribution in [0.1, 0.15) is 18.4 Å². The van der Waals surface area contributed by atoms with Gasteiger partial charge in [0.05, 0.1) is 6.54 Å². The fraction of sp³-hybridized carbons (Fsp3) is 0.304. The van der Waals surface area contributed by atoms with E-state index >= 15 is 0 Å². The van der Waals surface area contributed by atoms with Gasteiger partial charge in [0.15, 0.2) is 0 Å². The number of benzene rings is 2. The van der Waals surface area contributed by atoms with Crippen LogP contribution in [0.2, 0.25) is 0 Å². The van der Waals surface area contributed by atoms with E-state index in [9.17, 15) is 4.79 Å². The van der Waals surface area contributed by atoms with Gasteiger partial charge in [-0.15, -0.1) is 0 Å². The van der Waals surface area contributed by atoms with Gasteiger partial charge in [-0.3, -0.25) is 9.78 Å². The molecule has 0 radical (unpaired) electrons. The van der Waals surface area contributed by atoms with Crippen molar-refractivity contribution in [3.8, 4) is 16.9 Å². The van der Waals surface area contributed by atoms with Crippen molar-refractivity contribution in [2.75, 3.05) is 13.2 Å². The number of pyridine rings is 1. The Kier molecular flexibility index (Phi) is 4.45. The molecule has 5 nitrogen and oxygen atoms in total. The average molecular weight is 374 g/mol. The Labute approximate surface area is 163 Å². The zero-order valence-electron chi connectivity index (χ0n) is 15.6. The van der Waals surface area contributed by atoms with Gasteiger partial charge in [0.1, 0.15) is 18.0 Å². The fourth-order valence-electron chi connectivity index (χ4n) is 4.08. The minimum absolute atomic E-state index is 0.0250. The maximum atomic E-state index is 12.2. The molecule has 2 aliphatic rings. The van der Waals surface area contributed by atoms with Crippen molar-refractivity contribution in [1.82, 2.24) is 10.3 Å². The topological polar surface area (TPSA) is 60.5 Å². The second-order valence-electron chi connectivity index (χ2n) is 7.41. The molecule has 5 rings (SSSR count). The first-order valence-corrected chi connectivity index (χ1v) is 9.80. The molecule has 3 aromatic rings. The molecule has 2 aliphatic heterocycles. The number of fused-ring (bicyclic) bond motifs is 3. The highest BCUT2D eigenvalue weighted by Crippen LogP contribution is 2.36. The van der Waals surface area contributed by atoms with Crippen molar-refractivity contribution in [2.24, 2.45) is 0 Å². The Hall–Kier alpha value is -2.92. The minimum atomic E-state index is -0.296. The van der Waals surface area contributed by atoms with Crippen molar-refractivity contribution >= 4 is 16.7 Å². The number of rotatable bonds is 4. The van der Waals surface area contributed by atoms with Crippen LogP contribution in [-0.2, 0) is 16.0 Å². The minimum Gasteiger partial charge on any atom is -0.488 e. The molecule has 2 atom stereocenters. The predicted molar refractivity (Wildman–Crippen MR) is 107 cm³/mol. The Morgan fingerprint density at radius 3 is 2.96 bits per heavy atom. The van der Waals surface area contributed by atoms with Gasteiger partial charge in [-0.25, -0.2) is 0 Å². The van der Waals surface area contributed by atoms with Crippen molar-refractivity contribution in [3.63, 3.8) is 0 Å². The molecular formula is C23H22N2O3. The van der Waals surface area contributed by atoms with E-state index in [2.05, 4.69) is 40.6 Å². The lowest BCUT2D eigenvalue weighted by Gasteiger charge is -2.14. The summed E-state index contributed by atoms with van der Waals surface area (Å²) in [6.07, 6.45) is 5.89. The van der Waals surface area contributed by atoms with Crippen LogP contribution < -0.4 is 10.1 Å². The van der Waals surface area contributed by atoms with Crippen LogP contribution in [0.25, 0.3) is 21.9 Å². The molecule has 0 saturated carbocycles. The van der Waals surface area contributed by atoms with E-state index in [0.717, 1.165) is 36.1 Å². The van der Waals surface area contributed by atoms with E-state index in [1.54, 1.807) is 6.20 Å². The highest BCUT2D eigenvalue weighted by Gasteiger charge is 2.28. The molecule has 5 heteroatoms. The number of nitrogens with zero attached hydrogens (tertiary/aromatic N) is 1. The summed E-state index contributed by atoms with van der Waals surface area (Å²) in [7, 11) is 0. The molecular weight excluding hydrogens is 352 g/mol. The summed E-state index contributed by atoms with van der Waals surface area (Å²) in [5.41, 5.74) is 3.47. The molecule has 0 unspecified atom stereocenters. The van der Waals surface area contributed by atoms with Crippen molar-refractivity contribution in [2.45, 2.75) is 31.5 Å². The van der Waals surface area contributed by atoms with Crippen LogP contribution in [0.15, 0.2) is 54.9 Å². The van der Waals surface area contributed by atoms with Gasteiger partial charge < -0.3 is 14.8 Å². The van der Waals surface area contributed by atoms with Crippen LogP contribution in [0, 0.1) is 0 Å². The molecule has 2 aromatic carbocycles. The Morgan fingerprint density at radius 1 is 1.18 bits per heavy atom. The van der Waals surface area contributed by atoms with Crippen molar-refractivity contribution in [3.05, 3.63) is 60.4 Å². The van der Waals surface area contributed by atoms with Gasteiger partial charge in [0.25, 0.3) is 0 Å². The number of carbonyl (C=O) groups is 1. The third-order valence-corrected chi connectivity index (χ3v) is 5.53. The molecule has 0 spiro atoms. The lowest BCUT2D eigenvalue weighted by molar-refractivity contribution is -0.130. The fourth-order valence-corrected chi connectivity index (χ4v) is 4.08. The number of nitrogens with one attached hydrogen (secondary N) is 1. The maximum Gasteiger partial charge on any atom is 0.249 e. The monoisotopic (exact) mass is 374 g/mol. The smallest absolute Gasteiger partial charge is 0.249 e. The molecule has 1 fully saturated rings. The summed E-state index contributed by atoms with van der Waals surface area (Å²) in [4.78, 5) is 16.4. The van der Waals surface area contributed by atoms with Gasteiger partial charge in [-0.05, 0) is 47.4 Å². The van der Waals surface area contributed by atoms with Crippen LogP contribution >= 0.6 is 0 Å². The molecule has 1 aromatic heterocycles. The van der Waals surface area contributed by atoms with Gasteiger partial charge >= 0.3 is 0 Å². The van der Waals surface area contributed by atoms with Gasteiger partial charge in [0.2, 0.25) is 5.91 Å². The zero-order chi connectivity index (χ0) is 18.9. The highest BCUT2D eigenvalue weighted by atomic mass is 16.5. The summed E-state index contributed by atoms with van der Waals surface area (Å²) >= 11 is 0. The summed E-state index contributed by atoms with van der Waals surface area (Å²) < 4.78 is 11.5. The summed E-state index contributed by atoms with van der Waals surface area (Å²) in [5, 5.41) is 5.38. The summed E-state index contributed by atoms with van der Waals surface area (Å²) in [5.74, 6) is 0.890. The normalized spacial score (nSPS) is 20.7. The molecule has 1 N–H and O–H groups in total.